The van der Waals surface area contributed by atoms with Gasteiger partial charge in [0.1, 0.15) is 0 Å². The third kappa shape index (κ3) is 3.75. The summed E-state index contributed by atoms with van der Waals surface area (Å²) in [5.74, 6) is 1.26. The summed E-state index contributed by atoms with van der Waals surface area (Å²) in [7, 11) is 5.56. The zero-order valence-corrected chi connectivity index (χ0v) is 13.5. The number of hydrogen-bond acceptors (Lipinski definition) is 7. The smallest absolute Gasteiger partial charge is 0.237 e. The predicted molar refractivity (Wildman–Crippen MR) is 85.7 cm³/mol. The minimum Gasteiger partial charge on any atom is -0.480 e. The standard InChI is InChI=1S/C14H20N4O2S/c1-5-20-12-10(7-6-8-15-12)16-9-11-13(19-4)17-14(21-11)18(2)3/h6-8,16H,5,9H2,1-4H3. The number of hydrogen-bond donors (Lipinski definition) is 1. The van der Waals surface area contributed by atoms with Crippen molar-refractivity contribution in [2.75, 3.05) is 38.0 Å². The molecule has 0 aliphatic carbocycles. The molecular formula is C14H20N4O2S. The predicted octanol–water partition coefficient (Wildman–Crippen LogP) is 2.62. The number of methoxy groups -OCH3 is 1. The summed E-state index contributed by atoms with van der Waals surface area (Å²) >= 11 is 1.60. The third-order valence-electron chi connectivity index (χ3n) is 2.72. The third-order valence-corrected chi connectivity index (χ3v) is 3.92. The minimum absolute atomic E-state index is 0.584. The van der Waals surface area contributed by atoms with Crippen LogP contribution >= 0.6 is 11.3 Å². The van der Waals surface area contributed by atoms with Crippen molar-refractivity contribution in [2.24, 2.45) is 0 Å². The molecule has 0 amide bonds. The van der Waals surface area contributed by atoms with Gasteiger partial charge in [0.05, 0.1) is 30.8 Å². The van der Waals surface area contributed by atoms with Crippen LogP contribution < -0.4 is 19.7 Å². The quantitative estimate of drug-likeness (QED) is 0.848. The number of aromatic nitrogens is 2. The Labute approximate surface area is 128 Å². The Balaban J connectivity index is 2.12. The monoisotopic (exact) mass is 308 g/mol. The van der Waals surface area contributed by atoms with Gasteiger partial charge in [-0.1, -0.05) is 11.3 Å². The molecule has 7 heteroatoms. The van der Waals surface area contributed by atoms with E-state index in [9.17, 15) is 0 Å². The van der Waals surface area contributed by atoms with E-state index in [0.717, 1.165) is 15.7 Å². The van der Waals surface area contributed by atoms with E-state index in [1.807, 2.05) is 38.1 Å². The van der Waals surface area contributed by atoms with Crippen molar-refractivity contribution in [2.45, 2.75) is 13.5 Å². The maximum absolute atomic E-state index is 5.50. The highest BCUT2D eigenvalue weighted by atomic mass is 32.1. The van der Waals surface area contributed by atoms with Crippen LogP contribution in [0.5, 0.6) is 11.8 Å². The Hall–Kier alpha value is -2.02. The van der Waals surface area contributed by atoms with Crippen molar-refractivity contribution < 1.29 is 9.47 Å². The number of rotatable bonds is 7. The Morgan fingerprint density at radius 2 is 2.14 bits per heavy atom. The lowest BCUT2D eigenvalue weighted by Gasteiger charge is -2.10. The first-order valence-electron chi connectivity index (χ1n) is 6.68. The summed E-state index contributed by atoms with van der Waals surface area (Å²) in [6, 6.07) is 3.82. The van der Waals surface area contributed by atoms with Crippen molar-refractivity contribution >= 4 is 22.2 Å². The highest BCUT2D eigenvalue weighted by Crippen LogP contribution is 2.31. The van der Waals surface area contributed by atoms with Crippen LogP contribution in [0, 0.1) is 0 Å². The molecule has 114 valence electrons. The van der Waals surface area contributed by atoms with E-state index in [2.05, 4.69) is 15.3 Å². The number of ether oxygens (including phenoxy) is 2. The van der Waals surface area contributed by atoms with Gasteiger partial charge in [0, 0.05) is 20.3 Å². The van der Waals surface area contributed by atoms with Crippen molar-refractivity contribution in [1.29, 1.82) is 0 Å². The number of pyridine rings is 1. The van der Waals surface area contributed by atoms with Gasteiger partial charge in [-0.2, -0.15) is 4.98 Å². The van der Waals surface area contributed by atoms with Crippen LogP contribution in [-0.2, 0) is 6.54 Å². The molecule has 0 aliphatic heterocycles. The molecule has 0 saturated carbocycles. The average Bonchev–Trinajstić information content (AvgIpc) is 2.90. The topological polar surface area (TPSA) is 59.5 Å². The molecule has 0 unspecified atom stereocenters. The molecule has 0 atom stereocenters. The molecule has 2 heterocycles. The summed E-state index contributed by atoms with van der Waals surface area (Å²) in [6.07, 6.45) is 1.72. The maximum atomic E-state index is 5.50. The summed E-state index contributed by atoms with van der Waals surface area (Å²) in [5, 5.41) is 4.24. The lowest BCUT2D eigenvalue weighted by Crippen LogP contribution is -2.07. The van der Waals surface area contributed by atoms with Gasteiger partial charge in [-0.05, 0) is 19.1 Å². The minimum atomic E-state index is 0.584. The Kier molecular flexibility index (Phi) is 5.21. The summed E-state index contributed by atoms with van der Waals surface area (Å²) in [5.41, 5.74) is 0.862. The first-order chi connectivity index (χ1) is 10.2. The van der Waals surface area contributed by atoms with E-state index >= 15 is 0 Å². The van der Waals surface area contributed by atoms with Gasteiger partial charge in [-0.25, -0.2) is 4.98 Å². The second-order valence-electron chi connectivity index (χ2n) is 4.47. The van der Waals surface area contributed by atoms with Crippen molar-refractivity contribution in [3.05, 3.63) is 23.2 Å². The molecule has 0 aliphatic rings. The lowest BCUT2D eigenvalue weighted by molar-refractivity contribution is 0.328. The Morgan fingerprint density at radius 1 is 1.33 bits per heavy atom. The van der Waals surface area contributed by atoms with Crippen LogP contribution in [0.3, 0.4) is 0 Å². The fourth-order valence-electron chi connectivity index (χ4n) is 1.74. The normalized spacial score (nSPS) is 10.3. The zero-order chi connectivity index (χ0) is 15.2. The van der Waals surface area contributed by atoms with Crippen molar-refractivity contribution in [1.82, 2.24) is 9.97 Å². The van der Waals surface area contributed by atoms with E-state index in [4.69, 9.17) is 9.47 Å². The Morgan fingerprint density at radius 3 is 2.81 bits per heavy atom. The second-order valence-corrected chi connectivity index (χ2v) is 5.53. The summed E-state index contributed by atoms with van der Waals surface area (Å²) < 4.78 is 10.8. The molecule has 21 heavy (non-hydrogen) atoms. The number of nitrogens with zero attached hydrogens (tertiary/aromatic N) is 3. The van der Waals surface area contributed by atoms with E-state index in [0.29, 0.717) is 24.9 Å². The van der Waals surface area contributed by atoms with Gasteiger partial charge < -0.3 is 19.7 Å². The van der Waals surface area contributed by atoms with Crippen LogP contribution in [0.15, 0.2) is 18.3 Å². The SMILES string of the molecule is CCOc1ncccc1NCc1sc(N(C)C)nc1OC. The molecule has 2 rings (SSSR count). The summed E-state index contributed by atoms with van der Waals surface area (Å²) in [4.78, 5) is 11.7. The van der Waals surface area contributed by atoms with Gasteiger partial charge in [0.25, 0.3) is 0 Å². The fraction of sp³-hybridized carbons (Fsp3) is 0.429. The molecule has 0 bridgehead atoms. The molecule has 0 aromatic carbocycles. The fourth-order valence-corrected chi connectivity index (χ4v) is 2.63. The van der Waals surface area contributed by atoms with Crippen molar-refractivity contribution in [3.8, 4) is 11.8 Å². The van der Waals surface area contributed by atoms with Crippen LogP contribution in [-0.4, -0.2) is 37.8 Å². The van der Waals surface area contributed by atoms with Crippen LogP contribution in [0.1, 0.15) is 11.8 Å². The largest absolute Gasteiger partial charge is 0.480 e. The van der Waals surface area contributed by atoms with Gasteiger partial charge >= 0.3 is 0 Å². The van der Waals surface area contributed by atoms with E-state index in [1.54, 1.807) is 24.6 Å². The average molecular weight is 308 g/mol. The van der Waals surface area contributed by atoms with Crippen LogP contribution in [0.25, 0.3) is 0 Å². The van der Waals surface area contributed by atoms with Gasteiger partial charge in [-0.15, -0.1) is 0 Å². The molecule has 0 radical (unpaired) electrons. The molecular weight excluding hydrogens is 288 g/mol. The van der Waals surface area contributed by atoms with E-state index < -0.39 is 0 Å². The van der Waals surface area contributed by atoms with Gasteiger partial charge in [0.15, 0.2) is 5.13 Å². The van der Waals surface area contributed by atoms with Crippen LogP contribution in [0.2, 0.25) is 0 Å². The summed E-state index contributed by atoms with van der Waals surface area (Å²) in [6.45, 7) is 3.13. The first kappa shape index (κ1) is 15.4. The Bertz CT molecular complexity index is 586. The molecule has 0 fully saturated rings. The molecule has 0 saturated heterocycles. The highest BCUT2D eigenvalue weighted by molar-refractivity contribution is 7.15. The van der Waals surface area contributed by atoms with E-state index in [-0.39, 0.29) is 0 Å². The number of anilines is 2. The molecule has 2 aromatic rings. The highest BCUT2D eigenvalue weighted by Gasteiger charge is 2.13. The second kappa shape index (κ2) is 7.12. The lowest BCUT2D eigenvalue weighted by atomic mass is 10.4. The maximum Gasteiger partial charge on any atom is 0.237 e. The molecule has 2 aromatic heterocycles. The van der Waals surface area contributed by atoms with Crippen LogP contribution in [0.4, 0.5) is 10.8 Å². The number of thiazole rings is 1. The van der Waals surface area contributed by atoms with Gasteiger partial charge in [-0.3, -0.25) is 0 Å². The molecule has 0 spiro atoms. The zero-order valence-electron chi connectivity index (χ0n) is 12.7. The molecule has 1 N–H and O–H groups in total. The van der Waals surface area contributed by atoms with Gasteiger partial charge in [0.2, 0.25) is 11.8 Å². The van der Waals surface area contributed by atoms with Crippen molar-refractivity contribution in [3.63, 3.8) is 0 Å². The first-order valence-corrected chi connectivity index (χ1v) is 7.50. The number of nitrogens with one attached hydrogen (secondary N) is 1. The van der Waals surface area contributed by atoms with E-state index in [1.165, 1.54) is 0 Å². The molecule has 6 nitrogen and oxygen atoms in total.